The minimum atomic E-state index is -1.51. The number of rotatable bonds is 7. The minimum absolute atomic E-state index is 0.141. The Kier molecular flexibility index (Phi) is 6.42. The van der Waals surface area contributed by atoms with Crippen LogP contribution in [0.15, 0.2) is 57.4 Å². The molecule has 0 saturated carbocycles. The second-order valence-electron chi connectivity index (χ2n) is 9.48. The maximum absolute atomic E-state index is 13.7. The van der Waals surface area contributed by atoms with Crippen LogP contribution in [0.4, 0.5) is 0 Å². The average Bonchev–Trinajstić information content (AvgIpc) is 3.44. The van der Waals surface area contributed by atoms with Gasteiger partial charge in [-0.1, -0.05) is 34.9 Å². The monoisotopic (exact) mass is 450 g/mol. The van der Waals surface area contributed by atoms with Crippen LogP contribution in [-0.2, 0) is 19.1 Å². The van der Waals surface area contributed by atoms with Gasteiger partial charge in [0.05, 0.1) is 5.57 Å². The number of hydrogen-bond acceptors (Lipinski definition) is 5. The van der Waals surface area contributed by atoms with E-state index in [9.17, 15) is 25.0 Å². The fourth-order valence-corrected chi connectivity index (χ4v) is 4.45. The van der Waals surface area contributed by atoms with E-state index in [4.69, 9.17) is 4.74 Å². The first-order valence-corrected chi connectivity index (χ1v) is 11.1. The van der Waals surface area contributed by atoms with Crippen LogP contribution in [0.1, 0.15) is 67.2 Å². The van der Waals surface area contributed by atoms with Crippen LogP contribution in [0.25, 0.3) is 5.53 Å². The predicted molar refractivity (Wildman–Crippen MR) is 124 cm³/mol. The van der Waals surface area contributed by atoms with Gasteiger partial charge in [-0.15, -0.1) is 0 Å². The number of aliphatic hydroxyl groups excluding tert-OH is 1. The molecule has 1 saturated heterocycles. The molecule has 7 nitrogen and oxygen atoms in total. The van der Waals surface area contributed by atoms with Gasteiger partial charge in [0.2, 0.25) is 11.6 Å². The molecule has 0 aromatic rings. The zero-order valence-corrected chi connectivity index (χ0v) is 20.0. The zero-order chi connectivity index (χ0) is 24.7. The fourth-order valence-electron chi connectivity index (χ4n) is 4.45. The molecule has 7 heteroatoms. The first-order valence-electron chi connectivity index (χ1n) is 11.1. The van der Waals surface area contributed by atoms with Crippen LogP contribution in [0.3, 0.4) is 0 Å². The summed E-state index contributed by atoms with van der Waals surface area (Å²) in [5, 5.41) is 10.6. The summed E-state index contributed by atoms with van der Waals surface area (Å²) in [5.41, 5.74) is 8.39. The van der Waals surface area contributed by atoms with E-state index in [1.165, 1.54) is 12.5 Å². The quantitative estimate of drug-likeness (QED) is 0.202. The highest BCUT2D eigenvalue weighted by molar-refractivity contribution is 6.58. The highest BCUT2D eigenvalue weighted by Crippen LogP contribution is 2.60. The molecule has 2 aliphatic carbocycles. The number of aliphatic hydroxyl groups is 1. The molecule has 3 aliphatic rings. The number of allylic oxidation sites excluding steroid dienone is 6. The number of ether oxygens (including phenoxy) is 1. The number of ketones is 3. The summed E-state index contributed by atoms with van der Waals surface area (Å²) in [6, 6.07) is 0. The lowest BCUT2D eigenvalue weighted by Crippen LogP contribution is -2.50. The lowest BCUT2D eigenvalue weighted by Gasteiger charge is -2.27. The molecule has 0 bridgehead atoms. The second kappa shape index (κ2) is 8.65. The third kappa shape index (κ3) is 3.81. The van der Waals surface area contributed by atoms with Crippen LogP contribution >= 0.6 is 0 Å². The molecule has 1 heterocycles. The summed E-state index contributed by atoms with van der Waals surface area (Å²) in [6.07, 6.45) is 7.80. The zero-order valence-electron chi connectivity index (χ0n) is 20.0. The normalized spacial score (nSPS) is 26.7. The van der Waals surface area contributed by atoms with Crippen LogP contribution in [-0.4, -0.2) is 44.2 Å². The van der Waals surface area contributed by atoms with E-state index in [1.807, 2.05) is 46.8 Å². The lowest BCUT2D eigenvalue weighted by molar-refractivity contribution is -0.125. The van der Waals surface area contributed by atoms with Crippen molar-refractivity contribution in [3.8, 4) is 0 Å². The number of epoxide rings is 1. The fraction of sp³-hybridized carbons (Fsp3) is 0.462. The molecule has 0 aromatic heterocycles. The third-order valence-corrected chi connectivity index (χ3v) is 6.51. The molecule has 3 rings (SSSR count). The third-order valence-electron chi connectivity index (χ3n) is 6.51. The smallest absolute Gasteiger partial charge is 0.374 e. The number of hydrogen-bond donors (Lipinski definition) is 1. The van der Waals surface area contributed by atoms with Crippen molar-refractivity contribution in [2.75, 3.05) is 0 Å². The van der Waals surface area contributed by atoms with Crippen molar-refractivity contribution in [1.29, 1.82) is 0 Å². The molecule has 174 valence electrons. The van der Waals surface area contributed by atoms with Crippen molar-refractivity contribution in [3.05, 3.63) is 63.0 Å². The van der Waals surface area contributed by atoms with Gasteiger partial charge in [-0.3, -0.25) is 14.4 Å². The number of nitrogens with zero attached hydrogens (tertiary/aromatic N) is 2. The lowest BCUT2D eigenvalue weighted by atomic mass is 9.67. The van der Waals surface area contributed by atoms with E-state index in [-0.39, 0.29) is 29.6 Å². The molecular formula is C26H30N2O5. The maximum Gasteiger partial charge on any atom is 0.374 e. The van der Waals surface area contributed by atoms with Crippen molar-refractivity contribution in [1.82, 2.24) is 0 Å². The van der Waals surface area contributed by atoms with Gasteiger partial charge in [-0.2, -0.15) is 4.79 Å². The van der Waals surface area contributed by atoms with Crippen LogP contribution in [0, 0.1) is 0 Å². The van der Waals surface area contributed by atoms with Crippen molar-refractivity contribution in [2.45, 2.75) is 78.4 Å². The Labute approximate surface area is 193 Å². The molecule has 2 atom stereocenters. The highest BCUT2D eigenvalue weighted by Gasteiger charge is 2.81. The maximum atomic E-state index is 13.7. The van der Waals surface area contributed by atoms with E-state index < -0.39 is 40.0 Å². The standard InChI is InChI=1S/C26H30N2O5/c1-14(2)8-7-9-16(5)11-13-26-23(31)18-19(21(29)17(6)22(30)20(18)28-27)24(32)25(26,33-26)12-10-15(3)4/h8,10-11,29H,7,9,12-13H2,1-6H3/b16-11+/t25-,26+/m0/s1. The number of carbonyl (C=O) groups excluding carboxylic acids is 3. The number of carbonyl (C=O) groups is 3. The molecule has 1 aliphatic heterocycles. The van der Waals surface area contributed by atoms with Crippen LogP contribution in [0.2, 0.25) is 0 Å². The van der Waals surface area contributed by atoms with E-state index in [1.54, 1.807) is 0 Å². The topological polar surface area (TPSA) is 120 Å². The Balaban J connectivity index is 2.10. The van der Waals surface area contributed by atoms with Crippen molar-refractivity contribution in [2.24, 2.45) is 0 Å². The van der Waals surface area contributed by atoms with Crippen LogP contribution < -0.4 is 0 Å². The Morgan fingerprint density at radius 2 is 1.48 bits per heavy atom. The first-order chi connectivity index (χ1) is 15.4. The minimum Gasteiger partial charge on any atom is -0.507 e. The largest absolute Gasteiger partial charge is 0.507 e. The first kappa shape index (κ1) is 24.5. The molecule has 1 fully saturated rings. The molecular weight excluding hydrogens is 420 g/mol. The molecule has 0 aromatic carbocycles. The predicted octanol–water partition coefficient (Wildman–Crippen LogP) is 4.47. The van der Waals surface area contributed by atoms with Gasteiger partial charge in [0, 0.05) is 18.4 Å². The Morgan fingerprint density at radius 3 is 2.03 bits per heavy atom. The average molecular weight is 451 g/mol. The summed E-state index contributed by atoms with van der Waals surface area (Å²) < 4.78 is 6.00. The summed E-state index contributed by atoms with van der Waals surface area (Å²) >= 11 is 0. The summed E-state index contributed by atoms with van der Waals surface area (Å²) in [4.78, 5) is 43.0. The molecule has 0 amide bonds. The molecule has 0 radical (unpaired) electrons. The highest BCUT2D eigenvalue weighted by atomic mass is 16.6. The van der Waals surface area contributed by atoms with E-state index in [2.05, 4.69) is 10.9 Å². The van der Waals surface area contributed by atoms with E-state index in [0.29, 0.717) is 0 Å². The summed E-state index contributed by atoms with van der Waals surface area (Å²) in [5.74, 6) is -2.55. The second-order valence-corrected chi connectivity index (χ2v) is 9.48. The number of Topliss-reactive ketones (excluding diaryl/α,β-unsaturated/α-hetero) is 3. The summed E-state index contributed by atoms with van der Waals surface area (Å²) in [7, 11) is 0. The van der Waals surface area contributed by atoms with Crippen molar-refractivity contribution in [3.63, 3.8) is 0 Å². The Hall–Kier alpha value is -3.15. The van der Waals surface area contributed by atoms with Gasteiger partial charge in [-0.25, -0.2) is 0 Å². The van der Waals surface area contributed by atoms with E-state index >= 15 is 0 Å². The van der Waals surface area contributed by atoms with Crippen molar-refractivity contribution >= 4 is 23.1 Å². The van der Waals surface area contributed by atoms with Gasteiger partial charge >= 0.3 is 5.71 Å². The Morgan fingerprint density at radius 1 is 0.939 bits per heavy atom. The van der Waals surface area contributed by atoms with E-state index in [0.717, 1.165) is 24.0 Å². The summed E-state index contributed by atoms with van der Waals surface area (Å²) in [6.45, 7) is 11.1. The number of fused-ring (bicyclic) bond motifs is 1. The molecule has 0 unspecified atom stereocenters. The SMILES string of the molecule is CC(C)=CCC/C(C)=C/C[C@]12O[C@@]1(CC=C(C)C)C(=O)C1=C(C2=O)C(=[N+]=[N-])C(=O)C(C)=C1O. The van der Waals surface area contributed by atoms with Crippen molar-refractivity contribution < 1.29 is 29.0 Å². The van der Waals surface area contributed by atoms with Gasteiger partial charge in [0.1, 0.15) is 11.3 Å². The van der Waals surface area contributed by atoms with Crippen LogP contribution in [0.5, 0.6) is 0 Å². The Bertz CT molecular complexity index is 1160. The van der Waals surface area contributed by atoms with Gasteiger partial charge in [-0.05, 0) is 54.4 Å². The molecule has 0 spiro atoms. The van der Waals surface area contributed by atoms with Gasteiger partial charge in [0.15, 0.2) is 11.2 Å². The molecule has 1 N–H and O–H groups in total. The van der Waals surface area contributed by atoms with Gasteiger partial charge < -0.3 is 15.4 Å². The van der Waals surface area contributed by atoms with Gasteiger partial charge in [0.25, 0.3) is 5.78 Å². The molecule has 33 heavy (non-hydrogen) atoms.